The fourth-order valence-electron chi connectivity index (χ4n) is 4.14. The van der Waals surface area contributed by atoms with Crippen molar-refractivity contribution in [1.29, 1.82) is 0 Å². The van der Waals surface area contributed by atoms with Crippen molar-refractivity contribution in [2.45, 2.75) is 24.3 Å². The minimum Gasteiger partial charge on any atom is -0.298 e. The number of hydrogen-bond acceptors (Lipinski definition) is 4. The zero-order chi connectivity index (χ0) is 20.2. The number of thioether (sulfide) groups is 1. The number of benzene rings is 2. The van der Waals surface area contributed by atoms with Gasteiger partial charge in [0.05, 0.1) is 5.69 Å². The van der Waals surface area contributed by atoms with Crippen molar-refractivity contribution in [3.63, 3.8) is 0 Å². The molecule has 0 radical (unpaired) electrons. The molecule has 5 heteroatoms. The van der Waals surface area contributed by atoms with Gasteiger partial charge in [-0.05, 0) is 37.8 Å². The summed E-state index contributed by atoms with van der Waals surface area (Å²) in [5.41, 5.74) is 4.23. The quantitative estimate of drug-likeness (QED) is 0.432. The van der Waals surface area contributed by atoms with E-state index in [1.54, 1.807) is 11.8 Å². The summed E-state index contributed by atoms with van der Waals surface area (Å²) in [6.45, 7) is 2.66. The van der Waals surface area contributed by atoms with Gasteiger partial charge in [-0.1, -0.05) is 42.5 Å². The number of aromatic nitrogens is 2. The van der Waals surface area contributed by atoms with E-state index in [2.05, 4.69) is 34.6 Å². The predicted molar refractivity (Wildman–Crippen MR) is 119 cm³/mol. The van der Waals surface area contributed by atoms with Gasteiger partial charge in [-0.2, -0.15) is 5.10 Å². The number of Topliss-reactive ketones (excluding diaryl/α,β-unsaturated/α-hetero) is 1. The molecule has 1 aromatic heterocycles. The molecule has 1 unspecified atom stereocenters. The highest BCUT2D eigenvalue weighted by Gasteiger charge is 2.27. The monoisotopic (exact) mass is 405 g/mol. The highest BCUT2D eigenvalue weighted by Crippen LogP contribution is 2.27. The molecule has 1 atom stereocenters. The average molecular weight is 406 g/mol. The first-order valence-corrected chi connectivity index (χ1v) is 11.3. The molecule has 0 spiro atoms. The van der Waals surface area contributed by atoms with Crippen LogP contribution in [0.5, 0.6) is 0 Å². The van der Waals surface area contributed by atoms with Crippen molar-refractivity contribution >= 4 is 17.5 Å². The van der Waals surface area contributed by atoms with Gasteiger partial charge >= 0.3 is 0 Å². The number of hydrogen-bond donors (Lipinski definition) is 0. The first kappa shape index (κ1) is 19.9. The molecular weight excluding hydrogens is 378 g/mol. The molecule has 2 heterocycles. The maximum Gasteiger partial charge on any atom is 0.167 e. The van der Waals surface area contributed by atoms with Crippen LogP contribution in [0, 0.1) is 5.92 Å². The van der Waals surface area contributed by atoms with Crippen molar-refractivity contribution in [2.75, 3.05) is 19.3 Å². The Balaban J connectivity index is 1.47. The fraction of sp³-hybridized carbons (Fsp3) is 0.333. The largest absolute Gasteiger partial charge is 0.298 e. The number of rotatable bonds is 6. The highest BCUT2D eigenvalue weighted by molar-refractivity contribution is 7.98. The lowest BCUT2D eigenvalue weighted by molar-refractivity contribution is 0.0811. The highest BCUT2D eigenvalue weighted by atomic mass is 32.2. The third kappa shape index (κ3) is 4.62. The van der Waals surface area contributed by atoms with Crippen LogP contribution in [0.4, 0.5) is 0 Å². The van der Waals surface area contributed by atoms with Crippen LogP contribution in [0.15, 0.2) is 65.7 Å². The van der Waals surface area contributed by atoms with E-state index in [0.29, 0.717) is 0 Å². The van der Waals surface area contributed by atoms with Crippen LogP contribution >= 0.6 is 11.8 Å². The second-order valence-corrected chi connectivity index (χ2v) is 8.59. The molecule has 1 saturated heterocycles. The minimum absolute atomic E-state index is 0.0701. The van der Waals surface area contributed by atoms with Gasteiger partial charge in [0.25, 0.3) is 0 Å². The molecule has 0 aliphatic carbocycles. The second kappa shape index (κ2) is 8.97. The van der Waals surface area contributed by atoms with E-state index < -0.39 is 0 Å². The molecule has 0 amide bonds. The van der Waals surface area contributed by atoms with Gasteiger partial charge in [0.15, 0.2) is 5.78 Å². The SMILES string of the molecule is CSc1ccc(C(=O)C2CCCN(Cc3cn(C)nc3-c3ccccc3)C2)cc1. The van der Waals surface area contributed by atoms with E-state index in [4.69, 9.17) is 0 Å². The molecule has 0 bridgehead atoms. The number of carbonyl (C=O) groups is 1. The van der Waals surface area contributed by atoms with Crippen LogP contribution in [-0.2, 0) is 13.6 Å². The maximum atomic E-state index is 13.0. The predicted octanol–water partition coefficient (Wildman–Crippen LogP) is 4.90. The number of ketones is 1. The van der Waals surface area contributed by atoms with Crippen molar-refractivity contribution < 1.29 is 4.79 Å². The Bertz CT molecular complexity index is 966. The van der Waals surface area contributed by atoms with Crippen molar-refractivity contribution in [1.82, 2.24) is 14.7 Å². The summed E-state index contributed by atoms with van der Waals surface area (Å²) in [5, 5.41) is 4.69. The molecule has 1 fully saturated rings. The van der Waals surface area contributed by atoms with Crippen LogP contribution in [0.2, 0.25) is 0 Å². The Labute approximate surface area is 176 Å². The summed E-state index contributed by atoms with van der Waals surface area (Å²) in [6.07, 6.45) is 6.19. The fourth-order valence-corrected chi connectivity index (χ4v) is 4.55. The van der Waals surface area contributed by atoms with Crippen molar-refractivity contribution in [3.8, 4) is 11.3 Å². The van der Waals surface area contributed by atoms with Gasteiger partial charge in [0.2, 0.25) is 0 Å². The zero-order valence-corrected chi connectivity index (χ0v) is 17.9. The number of likely N-dealkylation sites (tertiary alicyclic amines) is 1. The summed E-state index contributed by atoms with van der Waals surface area (Å²) in [5.74, 6) is 0.345. The summed E-state index contributed by atoms with van der Waals surface area (Å²) in [7, 11) is 1.97. The Morgan fingerprint density at radius 3 is 2.62 bits per heavy atom. The van der Waals surface area contributed by atoms with E-state index in [-0.39, 0.29) is 11.7 Å². The molecule has 1 aliphatic heterocycles. The first-order valence-electron chi connectivity index (χ1n) is 10.1. The zero-order valence-electron chi connectivity index (χ0n) is 17.0. The average Bonchev–Trinajstić information content (AvgIpc) is 3.14. The number of piperidine rings is 1. The maximum absolute atomic E-state index is 13.0. The molecule has 1 aliphatic rings. The topological polar surface area (TPSA) is 38.1 Å². The van der Waals surface area contributed by atoms with Crippen molar-refractivity contribution in [3.05, 3.63) is 71.9 Å². The van der Waals surface area contributed by atoms with E-state index in [1.807, 2.05) is 54.2 Å². The Morgan fingerprint density at radius 2 is 1.90 bits per heavy atom. The smallest absolute Gasteiger partial charge is 0.167 e. The Morgan fingerprint density at radius 1 is 1.14 bits per heavy atom. The van der Waals surface area contributed by atoms with Gasteiger partial charge in [0.1, 0.15) is 0 Å². The van der Waals surface area contributed by atoms with Gasteiger partial charge in [-0.3, -0.25) is 14.4 Å². The summed E-state index contributed by atoms with van der Waals surface area (Å²) >= 11 is 1.70. The Hall–Kier alpha value is -2.37. The summed E-state index contributed by atoms with van der Waals surface area (Å²) in [4.78, 5) is 16.6. The van der Waals surface area contributed by atoms with E-state index in [1.165, 1.54) is 10.5 Å². The van der Waals surface area contributed by atoms with Gasteiger partial charge < -0.3 is 0 Å². The molecule has 150 valence electrons. The van der Waals surface area contributed by atoms with E-state index >= 15 is 0 Å². The molecule has 29 heavy (non-hydrogen) atoms. The third-order valence-corrected chi connectivity index (χ3v) is 6.34. The van der Waals surface area contributed by atoms with Gasteiger partial charge in [-0.25, -0.2) is 0 Å². The third-order valence-electron chi connectivity index (χ3n) is 5.60. The first-order chi connectivity index (χ1) is 14.1. The van der Waals surface area contributed by atoms with E-state index in [0.717, 1.165) is 49.3 Å². The van der Waals surface area contributed by atoms with Crippen molar-refractivity contribution in [2.24, 2.45) is 13.0 Å². The molecule has 4 rings (SSSR count). The van der Waals surface area contributed by atoms with Crippen LogP contribution in [-0.4, -0.2) is 39.8 Å². The second-order valence-electron chi connectivity index (χ2n) is 7.71. The Kier molecular flexibility index (Phi) is 6.16. The normalized spacial score (nSPS) is 17.4. The molecule has 0 saturated carbocycles. The molecule has 0 N–H and O–H groups in total. The molecular formula is C24H27N3OS. The van der Waals surface area contributed by atoms with Crippen LogP contribution in [0.1, 0.15) is 28.8 Å². The lowest BCUT2D eigenvalue weighted by atomic mass is 9.90. The van der Waals surface area contributed by atoms with Gasteiger partial charge in [-0.15, -0.1) is 11.8 Å². The van der Waals surface area contributed by atoms with Crippen LogP contribution < -0.4 is 0 Å². The minimum atomic E-state index is 0.0701. The number of carbonyl (C=O) groups excluding carboxylic acids is 1. The number of aryl methyl sites for hydroxylation is 1. The van der Waals surface area contributed by atoms with Gasteiger partial charge in [0, 0.05) is 53.8 Å². The molecule has 4 nitrogen and oxygen atoms in total. The lowest BCUT2D eigenvalue weighted by Gasteiger charge is -2.32. The standard InChI is InChI=1S/C24H27N3OS/c1-26-15-21(23(25-26)18-7-4-3-5-8-18)17-27-14-6-9-20(16-27)24(28)19-10-12-22(29-2)13-11-19/h3-5,7-8,10-13,15,20H,6,9,14,16-17H2,1-2H3. The van der Waals surface area contributed by atoms with Crippen LogP contribution in [0.3, 0.4) is 0 Å². The lowest BCUT2D eigenvalue weighted by Crippen LogP contribution is -2.38. The number of nitrogens with zero attached hydrogens (tertiary/aromatic N) is 3. The van der Waals surface area contributed by atoms with Crippen LogP contribution in [0.25, 0.3) is 11.3 Å². The van der Waals surface area contributed by atoms with E-state index in [9.17, 15) is 4.79 Å². The molecule has 3 aromatic rings. The summed E-state index contributed by atoms with van der Waals surface area (Å²) < 4.78 is 1.89. The molecule has 2 aromatic carbocycles. The summed E-state index contributed by atoms with van der Waals surface area (Å²) in [6, 6.07) is 18.4.